The number of methoxy groups -OCH3 is 1. The zero-order valence-electron chi connectivity index (χ0n) is 16.8. The fourth-order valence-corrected chi connectivity index (χ4v) is 3.32. The van der Waals surface area contributed by atoms with Crippen molar-refractivity contribution >= 4 is 17.5 Å². The summed E-state index contributed by atoms with van der Waals surface area (Å²) in [6.45, 7) is 6.90. The molecule has 1 aliphatic rings. The number of amides is 2. The Balaban J connectivity index is 1.74. The second-order valence-electron chi connectivity index (χ2n) is 7.36. The number of aryl methyl sites for hydroxylation is 1. The highest BCUT2D eigenvalue weighted by atomic mass is 16.5. The minimum Gasteiger partial charge on any atom is -0.497 e. The Hall–Kier alpha value is -2.96. The van der Waals surface area contributed by atoms with E-state index in [-0.39, 0.29) is 18.4 Å². The molecule has 1 aliphatic heterocycles. The van der Waals surface area contributed by atoms with Crippen LogP contribution >= 0.6 is 0 Å². The van der Waals surface area contributed by atoms with Gasteiger partial charge in [-0.3, -0.25) is 9.59 Å². The van der Waals surface area contributed by atoms with Crippen LogP contribution in [0.5, 0.6) is 5.75 Å². The van der Waals surface area contributed by atoms with Gasteiger partial charge < -0.3 is 14.5 Å². The van der Waals surface area contributed by atoms with Crippen molar-refractivity contribution in [2.75, 3.05) is 31.6 Å². The largest absolute Gasteiger partial charge is 0.497 e. The average molecular weight is 382 g/mol. The van der Waals surface area contributed by atoms with Gasteiger partial charge in [0.05, 0.1) is 7.11 Å². The van der Waals surface area contributed by atoms with E-state index in [0.29, 0.717) is 36.3 Å². The molecule has 28 heavy (non-hydrogen) atoms. The van der Waals surface area contributed by atoms with Gasteiger partial charge in [0.1, 0.15) is 23.8 Å². The first-order chi connectivity index (χ1) is 13.4. The number of benzene rings is 1. The Morgan fingerprint density at radius 2 is 2.00 bits per heavy atom. The molecule has 0 spiro atoms. The summed E-state index contributed by atoms with van der Waals surface area (Å²) >= 11 is 0. The summed E-state index contributed by atoms with van der Waals surface area (Å²) in [6.07, 6.45) is 0.784. The highest BCUT2D eigenvalue weighted by molar-refractivity contribution is 6.01. The van der Waals surface area contributed by atoms with Gasteiger partial charge in [0.15, 0.2) is 0 Å². The molecule has 0 unspecified atom stereocenters. The van der Waals surface area contributed by atoms with Crippen molar-refractivity contribution in [2.24, 2.45) is 5.92 Å². The fraction of sp³-hybridized carbons (Fsp3) is 0.429. The Kier molecular flexibility index (Phi) is 5.92. The van der Waals surface area contributed by atoms with Gasteiger partial charge in [-0.05, 0) is 37.5 Å². The number of hydrogen-bond donors (Lipinski definition) is 0. The second kappa shape index (κ2) is 8.37. The molecule has 0 N–H and O–H groups in total. The van der Waals surface area contributed by atoms with Gasteiger partial charge in [-0.1, -0.05) is 19.9 Å². The smallest absolute Gasteiger partial charge is 0.273 e. The molecule has 1 saturated heterocycles. The number of carbonyl (C=O) groups excluding carboxylic acids is 2. The summed E-state index contributed by atoms with van der Waals surface area (Å²) in [5.41, 5.74) is 1.98. The number of rotatable bonds is 5. The van der Waals surface area contributed by atoms with Crippen molar-refractivity contribution in [2.45, 2.75) is 27.2 Å². The number of nitrogens with zero attached hydrogens (tertiary/aromatic N) is 4. The van der Waals surface area contributed by atoms with Crippen LogP contribution in [-0.4, -0.2) is 53.4 Å². The number of carbonyl (C=O) groups is 2. The molecule has 148 valence electrons. The maximum absolute atomic E-state index is 12.9. The Morgan fingerprint density at radius 1 is 1.21 bits per heavy atom. The van der Waals surface area contributed by atoms with Gasteiger partial charge in [-0.25, -0.2) is 9.97 Å². The van der Waals surface area contributed by atoms with Crippen LogP contribution in [0.25, 0.3) is 0 Å². The van der Waals surface area contributed by atoms with Crippen molar-refractivity contribution < 1.29 is 14.3 Å². The average Bonchev–Trinajstić information content (AvgIpc) is 2.66. The first-order valence-electron chi connectivity index (χ1n) is 9.45. The lowest BCUT2D eigenvalue weighted by Gasteiger charge is -2.34. The van der Waals surface area contributed by atoms with E-state index in [1.807, 2.05) is 24.3 Å². The van der Waals surface area contributed by atoms with Crippen LogP contribution < -0.4 is 9.64 Å². The molecule has 7 nitrogen and oxygen atoms in total. The maximum atomic E-state index is 12.9. The number of anilines is 1. The molecule has 7 heteroatoms. The van der Waals surface area contributed by atoms with Gasteiger partial charge in [0.2, 0.25) is 5.91 Å². The van der Waals surface area contributed by atoms with Crippen molar-refractivity contribution in [3.8, 4) is 5.75 Å². The van der Waals surface area contributed by atoms with Crippen molar-refractivity contribution in [3.05, 3.63) is 47.5 Å². The quantitative estimate of drug-likeness (QED) is 0.794. The molecule has 2 aromatic rings. The van der Waals surface area contributed by atoms with E-state index in [0.717, 1.165) is 17.8 Å². The molecule has 1 aromatic heterocycles. The van der Waals surface area contributed by atoms with Crippen molar-refractivity contribution in [1.82, 2.24) is 14.9 Å². The topological polar surface area (TPSA) is 75.6 Å². The molecule has 1 fully saturated rings. The third-order valence-corrected chi connectivity index (χ3v) is 4.60. The molecule has 0 radical (unpaired) electrons. The van der Waals surface area contributed by atoms with E-state index >= 15 is 0 Å². The lowest BCUT2D eigenvalue weighted by Crippen LogP contribution is -2.52. The predicted molar refractivity (Wildman–Crippen MR) is 107 cm³/mol. The number of hydrogen-bond acceptors (Lipinski definition) is 5. The molecular weight excluding hydrogens is 356 g/mol. The summed E-state index contributed by atoms with van der Waals surface area (Å²) in [6, 6.07) is 9.11. The minimum absolute atomic E-state index is 0.0264. The van der Waals surface area contributed by atoms with Crippen LogP contribution in [0.2, 0.25) is 0 Å². The zero-order chi connectivity index (χ0) is 20.3. The molecule has 2 amide bonds. The summed E-state index contributed by atoms with van der Waals surface area (Å²) in [7, 11) is 1.59. The van der Waals surface area contributed by atoms with Crippen LogP contribution in [0, 0.1) is 12.8 Å². The third-order valence-electron chi connectivity index (χ3n) is 4.60. The van der Waals surface area contributed by atoms with E-state index in [4.69, 9.17) is 4.74 Å². The molecule has 0 atom stereocenters. The first kappa shape index (κ1) is 19.8. The summed E-state index contributed by atoms with van der Waals surface area (Å²) < 4.78 is 5.23. The Morgan fingerprint density at radius 3 is 2.68 bits per heavy atom. The van der Waals surface area contributed by atoms with E-state index < -0.39 is 0 Å². The summed E-state index contributed by atoms with van der Waals surface area (Å²) in [4.78, 5) is 37.6. The zero-order valence-corrected chi connectivity index (χ0v) is 16.8. The van der Waals surface area contributed by atoms with Gasteiger partial charge in [-0.2, -0.15) is 0 Å². The van der Waals surface area contributed by atoms with Crippen LogP contribution in [-0.2, 0) is 11.2 Å². The molecular formula is C21H26N4O3. The maximum Gasteiger partial charge on any atom is 0.273 e. The lowest BCUT2D eigenvalue weighted by atomic mass is 10.1. The van der Waals surface area contributed by atoms with Crippen LogP contribution in [0.3, 0.4) is 0 Å². The number of aromatic nitrogens is 2. The number of piperazine rings is 1. The summed E-state index contributed by atoms with van der Waals surface area (Å²) in [5.74, 6) is 1.35. The highest BCUT2D eigenvalue weighted by Crippen LogP contribution is 2.23. The molecule has 0 bridgehead atoms. The second-order valence-corrected chi connectivity index (χ2v) is 7.36. The molecule has 3 rings (SSSR count). The SMILES string of the molecule is COc1cccc(N2CCN(C(=O)c3cc(CC(C)C)nc(C)n3)CC2=O)c1. The monoisotopic (exact) mass is 382 g/mol. The van der Waals surface area contributed by atoms with Gasteiger partial charge in [0.25, 0.3) is 5.91 Å². The van der Waals surface area contributed by atoms with Gasteiger partial charge in [-0.15, -0.1) is 0 Å². The van der Waals surface area contributed by atoms with Crippen molar-refractivity contribution in [1.29, 1.82) is 0 Å². The van der Waals surface area contributed by atoms with Gasteiger partial charge >= 0.3 is 0 Å². The lowest BCUT2D eigenvalue weighted by molar-refractivity contribution is -0.120. The van der Waals surface area contributed by atoms with E-state index in [2.05, 4.69) is 23.8 Å². The molecule has 0 saturated carbocycles. The molecule has 1 aromatic carbocycles. The standard InChI is InChI=1S/C21H26N4O3/c1-14(2)10-16-11-19(23-15(3)22-16)21(27)24-8-9-25(20(26)13-24)17-6-5-7-18(12-17)28-4/h5-7,11-12,14H,8-10,13H2,1-4H3. The Labute approximate surface area is 165 Å². The van der Waals surface area contributed by atoms with E-state index in [9.17, 15) is 9.59 Å². The van der Waals surface area contributed by atoms with E-state index in [1.165, 1.54) is 0 Å². The van der Waals surface area contributed by atoms with Crippen molar-refractivity contribution in [3.63, 3.8) is 0 Å². The Bertz CT molecular complexity index is 882. The normalized spacial score (nSPS) is 14.5. The third kappa shape index (κ3) is 4.47. The first-order valence-corrected chi connectivity index (χ1v) is 9.45. The summed E-state index contributed by atoms with van der Waals surface area (Å²) in [5, 5.41) is 0. The van der Waals surface area contributed by atoms with Crippen LogP contribution in [0.1, 0.15) is 35.9 Å². The molecule has 2 heterocycles. The molecule has 0 aliphatic carbocycles. The minimum atomic E-state index is -0.228. The predicted octanol–water partition coefficient (Wildman–Crippen LogP) is 2.48. The van der Waals surface area contributed by atoms with Crippen LogP contribution in [0.15, 0.2) is 30.3 Å². The van der Waals surface area contributed by atoms with Gasteiger partial charge in [0, 0.05) is 30.5 Å². The van der Waals surface area contributed by atoms with E-state index in [1.54, 1.807) is 29.9 Å². The van der Waals surface area contributed by atoms with Crippen LogP contribution in [0.4, 0.5) is 5.69 Å². The highest BCUT2D eigenvalue weighted by Gasteiger charge is 2.29. The fourth-order valence-electron chi connectivity index (χ4n) is 3.32. The number of ether oxygens (including phenoxy) is 1.